The minimum Gasteiger partial charge on any atom is -0.349 e. The molecule has 1 fully saturated rings. The predicted molar refractivity (Wildman–Crippen MR) is 106 cm³/mol. The van der Waals surface area contributed by atoms with Gasteiger partial charge in [0.05, 0.1) is 5.69 Å². The largest absolute Gasteiger partial charge is 0.349 e. The third-order valence-electron chi connectivity index (χ3n) is 4.55. The molecule has 0 saturated heterocycles. The van der Waals surface area contributed by atoms with Gasteiger partial charge in [0.1, 0.15) is 0 Å². The quantitative estimate of drug-likeness (QED) is 0.697. The van der Waals surface area contributed by atoms with E-state index in [9.17, 15) is 9.59 Å². The van der Waals surface area contributed by atoms with E-state index >= 15 is 0 Å². The summed E-state index contributed by atoms with van der Waals surface area (Å²) < 4.78 is 0. The Hall–Kier alpha value is -3.54. The summed E-state index contributed by atoms with van der Waals surface area (Å²) >= 11 is 0. The lowest BCUT2D eigenvalue weighted by Crippen LogP contribution is -2.25. The minimum atomic E-state index is -0.173. The molecule has 0 atom stereocenters. The zero-order chi connectivity index (χ0) is 19.3. The fraction of sp³-hybridized carbons (Fsp3) is 0.182. The first kappa shape index (κ1) is 17.9. The third kappa shape index (κ3) is 4.40. The summed E-state index contributed by atoms with van der Waals surface area (Å²) in [5.74, 6) is -0.224. The minimum absolute atomic E-state index is 0.0504. The van der Waals surface area contributed by atoms with Crippen LogP contribution in [-0.4, -0.2) is 27.8 Å². The van der Waals surface area contributed by atoms with Crippen molar-refractivity contribution < 1.29 is 9.59 Å². The maximum absolute atomic E-state index is 12.4. The molecule has 4 rings (SSSR count). The van der Waals surface area contributed by atoms with Crippen LogP contribution in [-0.2, 0) is 6.54 Å². The van der Waals surface area contributed by atoms with Crippen LogP contribution in [0.15, 0.2) is 67.1 Å². The van der Waals surface area contributed by atoms with E-state index in [1.807, 2.05) is 24.3 Å². The summed E-state index contributed by atoms with van der Waals surface area (Å²) in [6.07, 6.45) is 7.15. The molecule has 0 unspecified atom stereocenters. The molecule has 0 bridgehead atoms. The summed E-state index contributed by atoms with van der Waals surface area (Å²) in [5.41, 5.74) is 3.63. The van der Waals surface area contributed by atoms with Crippen LogP contribution in [0.4, 0.5) is 0 Å². The Balaban J connectivity index is 1.44. The number of pyridine rings is 2. The van der Waals surface area contributed by atoms with Crippen molar-refractivity contribution in [2.45, 2.75) is 25.4 Å². The molecule has 6 heteroatoms. The van der Waals surface area contributed by atoms with E-state index in [4.69, 9.17) is 0 Å². The van der Waals surface area contributed by atoms with Crippen LogP contribution in [0.3, 0.4) is 0 Å². The number of nitrogens with one attached hydrogen (secondary N) is 2. The van der Waals surface area contributed by atoms with E-state index in [0.717, 1.165) is 24.0 Å². The second-order valence-corrected chi connectivity index (χ2v) is 6.80. The highest BCUT2D eigenvalue weighted by Gasteiger charge is 2.23. The second-order valence-electron chi connectivity index (χ2n) is 6.80. The first-order valence-corrected chi connectivity index (χ1v) is 9.23. The molecule has 2 N–H and O–H groups in total. The van der Waals surface area contributed by atoms with Crippen molar-refractivity contribution in [2.24, 2.45) is 0 Å². The Morgan fingerprint density at radius 2 is 1.79 bits per heavy atom. The van der Waals surface area contributed by atoms with Gasteiger partial charge in [-0.15, -0.1) is 0 Å². The average molecular weight is 372 g/mol. The molecule has 2 heterocycles. The fourth-order valence-electron chi connectivity index (χ4n) is 2.81. The molecule has 3 aromatic rings. The van der Waals surface area contributed by atoms with E-state index in [1.165, 1.54) is 0 Å². The molecule has 1 aliphatic carbocycles. The molecule has 6 nitrogen and oxygen atoms in total. The molecule has 28 heavy (non-hydrogen) atoms. The first-order valence-electron chi connectivity index (χ1n) is 9.23. The lowest BCUT2D eigenvalue weighted by atomic mass is 10.1. The number of carbonyl (C=O) groups excluding carboxylic acids is 2. The van der Waals surface area contributed by atoms with Gasteiger partial charge in [-0.1, -0.05) is 18.2 Å². The molecule has 1 aliphatic rings. The fourth-order valence-corrected chi connectivity index (χ4v) is 2.81. The Kier molecular flexibility index (Phi) is 5.10. The van der Waals surface area contributed by atoms with Gasteiger partial charge in [0.25, 0.3) is 11.8 Å². The maximum Gasteiger partial charge on any atom is 0.251 e. The maximum atomic E-state index is 12.4. The van der Waals surface area contributed by atoms with Crippen LogP contribution in [0.2, 0.25) is 0 Å². The summed E-state index contributed by atoms with van der Waals surface area (Å²) in [6.45, 7) is 0.412. The van der Waals surface area contributed by atoms with Gasteiger partial charge < -0.3 is 10.6 Å². The highest BCUT2D eigenvalue weighted by Crippen LogP contribution is 2.21. The van der Waals surface area contributed by atoms with E-state index in [1.54, 1.807) is 42.9 Å². The Morgan fingerprint density at radius 3 is 2.50 bits per heavy atom. The topological polar surface area (TPSA) is 84.0 Å². The van der Waals surface area contributed by atoms with Crippen LogP contribution in [0.25, 0.3) is 11.3 Å². The summed E-state index contributed by atoms with van der Waals surface area (Å²) in [5, 5.41) is 5.85. The van der Waals surface area contributed by atoms with Gasteiger partial charge in [-0.05, 0) is 48.7 Å². The molecule has 2 amide bonds. The van der Waals surface area contributed by atoms with E-state index < -0.39 is 0 Å². The molecule has 0 radical (unpaired) electrons. The molecule has 2 aromatic heterocycles. The number of aromatic nitrogens is 2. The second kappa shape index (κ2) is 8.00. The number of amides is 2. The molecular weight excluding hydrogens is 352 g/mol. The molecule has 1 aromatic carbocycles. The summed E-state index contributed by atoms with van der Waals surface area (Å²) in [7, 11) is 0. The van der Waals surface area contributed by atoms with Crippen LogP contribution < -0.4 is 10.6 Å². The number of benzene rings is 1. The highest BCUT2D eigenvalue weighted by atomic mass is 16.2. The zero-order valence-corrected chi connectivity index (χ0v) is 15.3. The highest BCUT2D eigenvalue weighted by molar-refractivity contribution is 5.96. The number of rotatable bonds is 6. The number of hydrogen-bond acceptors (Lipinski definition) is 4. The average Bonchev–Trinajstić information content (AvgIpc) is 3.57. The third-order valence-corrected chi connectivity index (χ3v) is 4.55. The van der Waals surface area contributed by atoms with Gasteiger partial charge >= 0.3 is 0 Å². The standard InChI is InChI=1S/C22H20N4O2/c27-21(25-14-15-2-1-10-23-13-15)18-9-11-24-20(12-18)16-3-5-17(6-4-16)22(28)26-19-7-8-19/h1-6,9-13,19H,7-8,14H2,(H,25,27)(H,26,28). The van der Waals surface area contributed by atoms with Gasteiger partial charge in [0.15, 0.2) is 0 Å². The first-order chi connectivity index (χ1) is 13.7. The van der Waals surface area contributed by atoms with E-state index in [-0.39, 0.29) is 11.8 Å². The van der Waals surface area contributed by atoms with Crippen molar-refractivity contribution >= 4 is 11.8 Å². The number of hydrogen-bond donors (Lipinski definition) is 2. The van der Waals surface area contributed by atoms with Crippen LogP contribution >= 0.6 is 0 Å². The molecule has 140 valence electrons. The van der Waals surface area contributed by atoms with Crippen molar-refractivity contribution in [3.8, 4) is 11.3 Å². The van der Waals surface area contributed by atoms with Crippen molar-refractivity contribution in [1.82, 2.24) is 20.6 Å². The zero-order valence-electron chi connectivity index (χ0n) is 15.3. The van der Waals surface area contributed by atoms with Crippen LogP contribution in [0, 0.1) is 0 Å². The van der Waals surface area contributed by atoms with Crippen molar-refractivity contribution in [3.05, 3.63) is 83.8 Å². The van der Waals surface area contributed by atoms with E-state index in [0.29, 0.717) is 29.4 Å². The summed E-state index contributed by atoms with van der Waals surface area (Å²) in [4.78, 5) is 32.9. The normalized spacial score (nSPS) is 13.0. The molecule has 0 spiro atoms. The Labute approximate surface area is 163 Å². The Bertz CT molecular complexity index is 983. The lowest BCUT2D eigenvalue weighted by molar-refractivity contribution is 0.0943. The van der Waals surface area contributed by atoms with Crippen molar-refractivity contribution in [1.29, 1.82) is 0 Å². The molecule has 1 saturated carbocycles. The summed E-state index contributed by atoms with van der Waals surface area (Å²) in [6, 6.07) is 14.8. The van der Waals surface area contributed by atoms with Crippen molar-refractivity contribution in [2.75, 3.05) is 0 Å². The number of nitrogens with zero attached hydrogens (tertiary/aromatic N) is 2. The SMILES string of the molecule is O=C(NCc1cccnc1)c1ccnc(-c2ccc(C(=O)NC3CC3)cc2)c1. The molecule has 0 aliphatic heterocycles. The van der Waals surface area contributed by atoms with Crippen molar-refractivity contribution in [3.63, 3.8) is 0 Å². The van der Waals surface area contributed by atoms with Gasteiger partial charge in [0.2, 0.25) is 0 Å². The number of carbonyl (C=O) groups is 2. The van der Waals surface area contributed by atoms with Gasteiger partial charge in [-0.2, -0.15) is 0 Å². The predicted octanol–water partition coefficient (Wildman–Crippen LogP) is 2.97. The molecular formula is C22H20N4O2. The monoisotopic (exact) mass is 372 g/mol. The Morgan fingerprint density at radius 1 is 0.964 bits per heavy atom. The van der Waals surface area contributed by atoms with Crippen LogP contribution in [0.1, 0.15) is 39.1 Å². The van der Waals surface area contributed by atoms with Crippen LogP contribution in [0.5, 0.6) is 0 Å². The lowest BCUT2D eigenvalue weighted by Gasteiger charge is -2.08. The van der Waals surface area contributed by atoms with Gasteiger partial charge in [0, 0.05) is 47.9 Å². The smallest absolute Gasteiger partial charge is 0.251 e. The van der Waals surface area contributed by atoms with Gasteiger partial charge in [-0.25, -0.2) is 0 Å². The van der Waals surface area contributed by atoms with Gasteiger partial charge in [-0.3, -0.25) is 19.6 Å². The van der Waals surface area contributed by atoms with E-state index in [2.05, 4.69) is 20.6 Å².